The van der Waals surface area contributed by atoms with Crippen molar-refractivity contribution in [2.45, 2.75) is 26.3 Å². The maximum Gasteiger partial charge on any atom is 0.132 e. The van der Waals surface area contributed by atoms with Gasteiger partial charge in [0.15, 0.2) is 0 Å². The lowest BCUT2D eigenvalue weighted by molar-refractivity contribution is 0.465. The zero-order chi connectivity index (χ0) is 10.2. The molecule has 0 bridgehead atoms. The minimum atomic E-state index is -0.374. The second kappa shape index (κ2) is 3.31. The van der Waals surface area contributed by atoms with E-state index >= 15 is 0 Å². The summed E-state index contributed by atoms with van der Waals surface area (Å²) in [5.41, 5.74) is 7.41. The van der Waals surface area contributed by atoms with Crippen LogP contribution in [0.2, 0.25) is 0 Å². The van der Waals surface area contributed by atoms with E-state index in [0.29, 0.717) is 4.47 Å². The topological polar surface area (TPSA) is 46.2 Å². The molecule has 3 N–H and O–H groups in total. The SMILES string of the molecule is Cc1cc(C(C)(C)N)cc(Br)c1O. The van der Waals surface area contributed by atoms with Crippen molar-refractivity contribution in [2.24, 2.45) is 5.73 Å². The minimum absolute atomic E-state index is 0.285. The van der Waals surface area contributed by atoms with Gasteiger partial charge in [0.05, 0.1) is 4.47 Å². The normalized spacial score (nSPS) is 11.8. The Balaban J connectivity index is 3.29. The molecule has 1 aromatic carbocycles. The van der Waals surface area contributed by atoms with Crippen LogP contribution in [0, 0.1) is 6.92 Å². The van der Waals surface area contributed by atoms with Gasteiger partial charge < -0.3 is 10.8 Å². The van der Waals surface area contributed by atoms with Crippen LogP contribution in [0.1, 0.15) is 25.0 Å². The molecule has 0 saturated carbocycles. The van der Waals surface area contributed by atoms with E-state index in [1.54, 1.807) is 0 Å². The summed E-state index contributed by atoms with van der Waals surface area (Å²) < 4.78 is 0.695. The van der Waals surface area contributed by atoms with E-state index in [0.717, 1.165) is 11.1 Å². The van der Waals surface area contributed by atoms with Crippen molar-refractivity contribution in [3.63, 3.8) is 0 Å². The van der Waals surface area contributed by atoms with Gasteiger partial charge in [-0.1, -0.05) is 6.07 Å². The summed E-state index contributed by atoms with van der Waals surface area (Å²) in [6, 6.07) is 3.75. The summed E-state index contributed by atoms with van der Waals surface area (Å²) in [5, 5.41) is 9.51. The van der Waals surface area contributed by atoms with Crippen molar-refractivity contribution in [2.75, 3.05) is 0 Å². The lowest BCUT2D eigenvalue weighted by atomic mass is 9.94. The molecule has 1 aromatic rings. The molecular formula is C10H14BrNO. The van der Waals surface area contributed by atoms with E-state index in [4.69, 9.17) is 5.73 Å². The molecule has 0 heterocycles. The number of benzene rings is 1. The van der Waals surface area contributed by atoms with Gasteiger partial charge in [0.1, 0.15) is 5.75 Å². The molecule has 72 valence electrons. The van der Waals surface area contributed by atoms with Gasteiger partial charge >= 0.3 is 0 Å². The average Bonchev–Trinajstić information content (AvgIpc) is 1.97. The summed E-state index contributed by atoms with van der Waals surface area (Å²) in [6.07, 6.45) is 0. The zero-order valence-electron chi connectivity index (χ0n) is 8.06. The highest BCUT2D eigenvalue weighted by Crippen LogP contribution is 2.31. The van der Waals surface area contributed by atoms with E-state index < -0.39 is 0 Å². The predicted molar refractivity (Wildman–Crippen MR) is 57.8 cm³/mol. The van der Waals surface area contributed by atoms with E-state index in [-0.39, 0.29) is 11.3 Å². The Bertz CT molecular complexity index is 305. The fraction of sp³-hybridized carbons (Fsp3) is 0.400. The molecule has 0 spiro atoms. The molecule has 0 saturated heterocycles. The molecule has 0 unspecified atom stereocenters. The van der Waals surface area contributed by atoms with Gasteiger partial charge in [-0.05, 0) is 53.9 Å². The van der Waals surface area contributed by atoms with Gasteiger partial charge in [-0.25, -0.2) is 0 Å². The highest BCUT2D eigenvalue weighted by molar-refractivity contribution is 9.10. The van der Waals surface area contributed by atoms with Gasteiger partial charge in [0.2, 0.25) is 0 Å². The van der Waals surface area contributed by atoms with Crippen molar-refractivity contribution in [1.82, 2.24) is 0 Å². The molecule has 0 aromatic heterocycles. The number of aromatic hydroxyl groups is 1. The van der Waals surface area contributed by atoms with Crippen molar-refractivity contribution < 1.29 is 5.11 Å². The second-order valence-corrected chi connectivity index (χ2v) is 4.70. The molecule has 2 nitrogen and oxygen atoms in total. The first kappa shape index (κ1) is 10.5. The Labute approximate surface area is 86.9 Å². The van der Waals surface area contributed by atoms with Gasteiger partial charge in [-0.3, -0.25) is 0 Å². The summed E-state index contributed by atoms with van der Waals surface area (Å²) in [7, 11) is 0. The molecule has 3 heteroatoms. The molecule has 0 aliphatic heterocycles. The Kier molecular flexibility index (Phi) is 2.68. The van der Waals surface area contributed by atoms with Crippen LogP contribution in [-0.2, 0) is 5.54 Å². The number of rotatable bonds is 1. The van der Waals surface area contributed by atoms with Crippen LogP contribution < -0.4 is 5.73 Å². The van der Waals surface area contributed by atoms with E-state index in [1.807, 2.05) is 32.9 Å². The Morgan fingerprint density at radius 2 is 1.92 bits per heavy atom. The maximum absolute atomic E-state index is 9.51. The number of aryl methyl sites for hydroxylation is 1. The van der Waals surface area contributed by atoms with E-state index in [1.165, 1.54) is 0 Å². The van der Waals surface area contributed by atoms with Gasteiger partial charge in [-0.15, -0.1) is 0 Å². The fourth-order valence-electron chi connectivity index (χ4n) is 1.11. The monoisotopic (exact) mass is 243 g/mol. The lowest BCUT2D eigenvalue weighted by Crippen LogP contribution is -2.28. The van der Waals surface area contributed by atoms with Crippen molar-refractivity contribution in [1.29, 1.82) is 0 Å². The van der Waals surface area contributed by atoms with Gasteiger partial charge in [0, 0.05) is 5.54 Å². The van der Waals surface area contributed by atoms with Crippen LogP contribution in [0.3, 0.4) is 0 Å². The van der Waals surface area contributed by atoms with Crippen LogP contribution in [0.4, 0.5) is 0 Å². The summed E-state index contributed by atoms with van der Waals surface area (Å²) in [4.78, 5) is 0. The van der Waals surface area contributed by atoms with Crippen LogP contribution in [0.25, 0.3) is 0 Å². The fourth-order valence-corrected chi connectivity index (χ4v) is 1.67. The maximum atomic E-state index is 9.51. The summed E-state index contributed by atoms with van der Waals surface area (Å²) in [5.74, 6) is 0.285. The zero-order valence-corrected chi connectivity index (χ0v) is 9.64. The number of phenolic OH excluding ortho intramolecular Hbond substituents is 1. The average molecular weight is 244 g/mol. The second-order valence-electron chi connectivity index (χ2n) is 3.85. The van der Waals surface area contributed by atoms with Crippen molar-refractivity contribution in [3.8, 4) is 5.75 Å². The number of nitrogens with two attached hydrogens (primary N) is 1. The molecule has 1 rings (SSSR count). The van der Waals surface area contributed by atoms with E-state index in [9.17, 15) is 5.11 Å². The highest BCUT2D eigenvalue weighted by Gasteiger charge is 2.16. The number of hydrogen-bond donors (Lipinski definition) is 2. The highest BCUT2D eigenvalue weighted by atomic mass is 79.9. The third-order valence-corrected chi connectivity index (χ3v) is 2.60. The first-order valence-corrected chi connectivity index (χ1v) is 4.90. The molecule has 0 aliphatic rings. The van der Waals surface area contributed by atoms with Crippen LogP contribution in [0.15, 0.2) is 16.6 Å². The first-order chi connectivity index (χ1) is 5.82. The Hall–Kier alpha value is -0.540. The third kappa shape index (κ3) is 2.23. The van der Waals surface area contributed by atoms with Crippen molar-refractivity contribution in [3.05, 3.63) is 27.7 Å². The smallest absolute Gasteiger partial charge is 0.132 e. The molecule has 0 fully saturated rings. The molecule has 0 aliphatic carbocycles. The van der Waals surface area contributed by atoms with E-state index in [2.05, 4.69) is 15.9 Å². The molecule has 0 radical (unpaired) electrons. The van der Waals surface area contributed by atoms with Gasteiger partial charge in [0.25, 0.3) is 0 Å². The Morgan fingerprint density at radius 3 is 2.31 bits per heavy atom. The minimum Gasteiger partial charge on any atom is -0.506 e. The largest absolute Gasteiger partial charge is 0.506 e. The Morgan fingerprint density at radius 1 is 1.38 bits per heavy atom. The van der Waals surface area contributed by atoms with Crippen molar-refractivity contribution >= 4 is 15.9 Å². The molecule has 0 amide bonds. The quantitative estimate of drug-likeness (QED) is 0.797. The van der Waals surface area contributed by atoms with Gasteiger partial charge in [-0.2, -0.15) is 0 Å². The molecular weight excluding hydrogens is 230 g/mol. The predicted octanol–water partition coefficient (Wildman–Crippen LogP) is 2.66. The van der Waals surface area contributed by atoms with Crippen LogP contribution >= 0.6 is 15.9 Å². The standard InChI is InChI=1S/C10H14BrNO/c1-6-4-7(10(2,3)12)5-8(11)9(6)13/h4-5,13H,12H2,1-3H3. The molecule has 0 atom stereocenters. The summed E-state index contributed by atoms with van der Waals surface area (Å²) in [6.45, 7) is 5.73. The summed E-state index contributed by atoms with van der Waals surface area (Å²) >= 11 is 3.28. The number of phenols is 1. The lowest BCUT2D eigenvalue weighted by Gasteiger charge is -2.20. The first-order valence-electron chi connectivity index (χ1n) is 4.11. The third-order valence-electron chi connectivity index (χ3n) is 2.00. The van der Waals surface area contributed by atoms with Crippen LogP contribution in [0.5, 0.6) is 5.75 Å². The number of hydrogen-bond acceptors (Lipinski definition) is 2. The molecule has 13 heavy (non-hydrogen) atoms. The van der Waals surface area contributed by atoms with Crippen LogP contribution in [-0.4, -0.2) is 5.11 Å². The number of halogens is 1.